The maximum absolute atomic E-state index is 12.1. The molecular weight excluding hydrogens is 316 g/mol. The molecule has 21 heavy (non-hydrogen) atoms. The van der Waals surface area contributed by atoms with E-state index in [0.717, 1.165) is 4.31 Å². The van der Waals surface area contributed by atoms with Gasteiger partial charge >= 0.3 is 0 Å². The average Bonchev–Trinajstić information content (AvgIpc) is 2.44. The Morgan fingerprint density at radius 2 is 2.05 bits per heavy atom. The molecule has 0 radical (unpaired) electrons. The summed E-state index contributed by atoms with van der Waals surface area (Å²) in [5.74, 6) is 0.542. The average molecular weight is 335 g/mol. The normalized spacial score (nSPS) is 11.5. The highest BCUT2D eigenvalue weighted by atomic mass is 35.5. The molecule has 0 saturated heterocycles. The minimum atomic E-state index is -3.57. The van der Waals surface area contributed by atoms with Gasteiger partial charge in [0.2, 0.25) is 15.9 Å². The number of halogens is 1. The molecule has 118 valence electrons. The molecule has 1 amide bonds. The number of hydrogen-bond donors (Lipinski definition) is 1. The van der Waals surface area contributed by atoms with Crippen LogP contribution < -0.4 is 10.1 Å². The summed E-state index contributed by atoms with van der Waals surface area (Å²) in [5, 5.41) is 2.64. The van der Waals surface area contributed by atoms with Crippen molar-refractivity contribution in [3.63, 3.8) is 0 Å². The lowest BCUT2D eigenvalue weighted by atomic mass is 10.2. The molecule has 0 bridgehead atoms. The number of nitrogens with zero attached hydrogens (tertiary/aromatic N) is 1. The molecule has 1 rings (SSSR count). The minimum absolute atomic E-state index is 0.0842. The van der Waals surface area contributed by atoms with Crippen molar-refractivity contribution in [1.82, 2.24) is 4.31 Å². The zero-order valence-electron chi connectivity index (χ0n) is 12.2. The van der Waals surface area contributed by atoms with Crippen molar-refractivity contribution in [2.24, 2.45) is 0 Å². The van der Waals surface area contributed by atoms with E-state index in [1.54, 1.807) is 0 Å². The van der Waals surface area contributed by atoms with E-state index in [-0.39, 0.29) is 17.2 Å². The Labute approximate surface area is 130 Å². The quantitative estimate of drug-likeness (QED) is 0.773. The standard InChI is InChI=1S/C13H19ClN2O4S/c1-16(2)21(18,19)10-6-7-12(20-3)11(9-10)15-13(17)5-4-8-14/h6-7,9H,4-5,8H2,1-3H3,(H,15,17). The van der Waals surface area contributed by atoms with Gasteiger partial charge in [0.05, 0.1) is 17.7 Å². The van der Waals surface area contributed by atoms with Gasteiger partial charge in [-0.2, -0.15) is 0 Å². The number of anilines is 1. The number of benzene rings is 1. The van der Waals surface area contributed by atoms with Gasteiger partial charge in [-0.15, -0.1) is 11.6 Å². The maximum Gasteiger partial charge on any atom is 0.242 e. The lowest BCUT2D eigenvalue weighted by Gasteiger charge is -2.15. The fourth-order valence-corrected chi connectivity index (χ4v) is 2.66. The first-order valence-electron chi connectivity index (χ1n) is 6.29. The second-order valence-corrected chi connectivity index (χ2v) is 7.02. The van der Waals surface area contributed by atoms with E-state index in [2.05, 4.69) is 5.32 Å². The Balaban J connectivity index is 3.10. The van der Waals surface area contributed by atoms with Crippen molar-refractivity contribution >= 4 is 33.2 Å². The molecule has 0 spiro atoms. The summed E-state index contributed by atoms with van der Waals surface area (Å²) in [7, 11) is 0.762. The molecule has 0 saturated carbocycles. The molecule has 0 aromatic heterocycles. The lowest BCUT2D eigenvalue weighted by molar-refractivity contribution is -0.116. The van der Waals surface area contributed by atoms with E-state index < -0.39 is 10.0 Å². The van der Waals surface area contributed by atoms with Crippen LogP contribution in [0.1, 0.15) is 12.8 Å². The van der Waals surface area contributed by atoms with Crippen molar-refractivity contribution in [2.45, 2.75) is 17.7 Å². The Kier molecular flexibility index (Phi) is 6.44. The maximum atomic E-state index is 12.1. The van der Waals surface area contributed by atoms with E-state index in [1.165, 1.54) is 39.4 Å². The number of hydrogen-bond acceptors (Lipinski definition) is 4. The molecule has 0 aliphatic heterocycles. The van der Waals surface area contributed by atoms with Crippen LogP contribution in [-0.2, 0) is 14.8 Å². The van der Waals surface area contributed by atoms with Gasteiger partial charge in [-0.25, -0.2) is 12.7 Å². The second kappa shape index (κ2) is 7.63. The highest BCUT2D eigenvalue weighted by Gasteiger charge is 2.19. The van der Waals surface area contributed by atoms with Crippen LogP contribution in [0.2, 0.25) is 0 Å². The fraction of sp³-hybridized carbons (Fsp3) is 0.462. The van der Waals surface area contributed by atoms with E-state index in [9.17, 15) is 13.2 Å². The smallest absolute Gasteiger partial charge is 0.242 e. The van der Waals surface area contributed by atoms with Crippen molar-refractivity contribution in [3.05, 3.63) is 18.2 Å². The van der Waals surface area contributed by atoms with E-state index in [0.29, 0.717) is 23.7 Å². The number of rotatable bonds is 7. The van der Waals surface area contributed by atoms with Gasteiger partial charge in [0.1, 0.15) is 5.75 Å². The monoisotopic (exact) mass is 334 g/mol. The number of methoxy groups -OCH3 is 1. The van der Waals surface area contributed by atoms with Gasteiger partial charge in [-0.05, 0) is 24.6 Å². The number of sulfonamides is 1. The summed E-state index contributed by atoms with van der Waals surface area (Å²) in [5.41, 5.74) is 0.319. The number of nitrogens with one attached hydrogen (secondary N) is 1. The van der Waals surface area contributed by atoms with Gasteiger partial charge in [0, 0.05) is 26.4 Å². The number of carbonyl (C=O) groups excluding carboxylic acids is 1. The van der Waals surface area contributed by atoms with Crippen LogP contribution in [-0.4, -0.2) is 45.7 Å². The van der Waals surface area contributed by atoms with Crippen molar-refractivity contribution < 1.29 is 17.9 Å². The van der Waals surface area contributed by atoms with Crippen molar-refractivity contribution in [2.75, 3.05) is 32.4 Å². The predicted molar refractivity (Wildman–Crippen MR) is 82.5 cm³/mol. The summed E-state index contributed by atoms with van der Waals surface area (Å²) >= 11 is 5.54. The zero-order chi connectivity index (χ0) is 16.0. The summed E-state index contributed by atoms with van der Waals surface area (Å²) < 4.78 is 30.4. The number of amides is 1. The first-order chi connectivity index (χ1) is 9.82. The van der Waals surface area contributed by atoms with E-state index in [4.69, 9.17) is 16.3 Å². The Morgan fingerprint density at radius 1 is 1.38 bits per heavy atom. The van der Waals surface area contributed by atoms with Gasteiger partial charge in [-0.3, -0.25) is 4.79 Å². The summed E-state index contributed by atoms with van der Waals surface area (Å²) in [6.45, 7) is 0. The largest absolute Gasteiger partial charge is 0.495 e. The van der Waals surface area contributed by atoms with E-state index in [1.807, 2.05) is 0 Å². The molecule has 0 unspecified atom stereocenters. The molecule has 1 aromatic carbocycles. The van der Waals surface area contributed by atoms with Crippen LogP contribution in [0.3, 0.4) is 0 Å². The van der Waals surface area contributed by atoms with Crippen LogP contribution in [0.4, 0.5) is 5.69 Å². The van der Waals surface area contributed by atoms with Gasteiger partial charge in [0.15, 0.2) is 0 Å². The summed E-state index contributed by atoms with van der Waals surface area (Å²) in [6.07, 6.45) is 0.808. The van der Waals surface area contributed by atoms with Crippen LogP contribution in [0.15, 0.2) is 23.1 Å². The molecule has 0 fully saturated rings. The highest BCUT2D eigenvalue weighted by molar-refractivity contribution is 7.89. The van der Waals surface area contributed by atoms with Crippen LogP contribution in [0.25, 0.3) is 0 Å². The molecular formula is C13H19ClN2O4S. The third kappa shape index (κ3) is 4.59. The Morgan fingerprint density at radius 3 is 2.57 bits per heavy atom. The van der Waals surface area contributed by atoms with Crippen molar-refractivity contribution in [3.8, 4) is 5.75 Å². The molecule has 0 heterocycles. The highest BCUT2D eigenvalue weighted by Crippen LogP contribution is 2.28. The number of alkyl halides is 1. The molecule has 0 aliphatic rings. The van der Waals surface area contributed by atoms with Crippen LogP contribution >= 0.6 is 11.6 Å². The Bertz CT molecular complexity index is 602. The zero-order valence-corrected chi connectivity index (χ0v) is 13.8. The third-order valence-electron chi connectivity index (χ3n) is 2.76. The van der Waals surface area contributed by atoms with Gasteiger partial charge < -0.3 is 10.1 Å². The number of carbonyl (C=O) groups is 1. The van der Waals surface area contributed by atoms with Crippen LogP contribution in [0, 0.1) is 0 Å². The van der Waals surface area contributed by atoms with Gasteiger partial charge in [-0.1, -0.05) is 0 Å². The predicted octanol–water partition coefficient (Wildman–Crippen LogP) is 1.90. The summed E-state index contributed by atoms with van der Waals surface area (Å²) in [4.78, 5) is 11.8. The fourth-order valence-electron chi connectivity index (χ4n) is 1.60. The third-order valence-corrected chi connectivity index (χ3v) is 4.84. The molecule has 0 atom stereocenters. The summed E-state index contributed by atoms with van der Waals surface area (Å²) in [6, 6.07) is 4.32. The Hall–Kier alpha value is -1.31. The van der Waals surface area contributed by atoms with Gasteiger partial charge in [0.25, 0.3) is 0 Å². The topological polar surface area (TPSA) is 75.7 Å². The molecule has 0 aliphatic carbocycles. The van der Waals surface area contributed by atoms with Crippen molar-refractivity contribution in [1.29, 1.82) is 0 Å². The first kappa shape index (κ1) is 17.7. The van der Waals surface area contributed by atoms with Crippen LogP contribution in [0.5, 0.6) is 5.75 Å². The number of ether oxygens (including phenoxy) is 1. The minimum Gasteiger partial charge on any atom is -0.495 e. The molecule has 6 nitrogen and oxygen atoms in total. The molecule has 1 aromatic rings. The molecule has 8 heteroatoms. The second-order valence-electron chi connectivity index (χ2n) is 4.49. The SMILES string of the molecule is COc1ccc(S(=O)(=O)N(C)C)cc1NC(=O)CCCCl. The molecule has 1 N–H and O–H groups in total. The van der Waals surface area contributed by atoms with E-state index >= 15 is 0 Å². The lowest BCUT2D eigenvalue weighted by Crippen LogP contribution is -2.22. The first-order valence-corrected chi connectivity index (χ1v) is 8.26.